The number of terminal acetylenes is 1. The average molecular weight is 336 g/mol. The van der Waals surface area contributed by atoms with E-state index in [1.165, 1.54) is 18.5 Å². The molecule has 25 heavy (non-hydrogen) atoms. The number of amides is 2. The predicted molar refractivity (Wildman–Crippen MR) is 90.9 cm³/mol. The zero-order valence-electron chi connectivity index (χ0n) is 13.3. The molecule has 0 saturated heterocycles. The fourth-order valence-electron chi connectivity index (χ4n) is 2.96. The van der Waals surface area contributed by atoms with E-state index in [1.54, 1.807) is 6.07 Å². The summed E-state index contributed by atoms with van der Waals surface area (Å²) in [4.78, 5) is 42.4. The number of aromatic nitrogens is 2. The molecule has 0 fully saturated rings. The molecule has 2 aromatic heterocycles. The first kappa shape index (κ1) is 16.5. The first-order valence-electron chi connectivity index (χ1n) is 7.78. The van der Waals surface area contributed by atoms with Crippen LogP contribution >= 0.6 is 0 Å². The Morgan fingerprint density at radius 1 is 1.36 bits per heavy atom. The minimum atomic E-state index is -0.800. The molecule has 2 heterocycles. The highest BCUT2D eigenvalue weighted by Crippen LogP contribution is 2.28. The Morgan fingerprint density at radius 3 is 2.88 bits per heavy atom. The van der Waals surface area contributed by atoms with Gasteiger partial charge in [0.25, 0.3) is 17.4 Å². The molecule has 2 amide bonds. The number of nitrogens with zero attached hydrogens (tertiary/aromatic N) is 1. The van der Waals surface area contributed by atoms with Crippen LogP contribution in [0.1, 0.15) is 56.4 Å². The van der Waals surface area contributed by atoms with E-state index in [0.717, 1.165) is 6.42 Å². The lowest BCUT2D eigenvalue weighted by Gasteiger charge is -2.26. The average Bonchev–Trinajstić information content (AvgIpc) is 2.61. The second-order valence-corrected chi connectivity index (χ2v) is 5.84. The number of pyridine rings is 2. The topological polar surface area (TPSA) is 118 Å². The highest BCUT2D eigenvalue weighted by atomic mass is 16.2. The number of aryl methyl sites for hydroxylation is 1. The number of carbonyl (C=O) groups is 2. The van der Waals surface area contributed by atoms with Crippen LogP contribution in [0.25, 0.3) is 0 Å². The number of fused-ring (bicyclic) bond motifs is 1. The summed E-state index contributed by atoms with van der Waals surface area (Å²) in [5, 5.41) is 2.91. The van der Waals surface area contributed by atoms with Crippen molar-refractivity contribution in [2.75, 3.05) is 0 Å². The van der Waals surface area contributed by atoms with Gasteiger partial charge in [-0.2, -0.15) is 0 Å². The lowest BCUT2D eigenvalue weighted by Crippen LogP contribution is -2.34. The Morgan fingerprint density at radius 2 is 2.16 bits per heavy atom. The summed E-state index contributed by atoms with van der Waals surface area (Å²) in [6.45, 7) is 0. The summed E-state index contributed by atoms with van der Waals surface area (Å²) in [5.41, 5.74) is 6.89. The van der Waals surface area contributed by atoms with Gasteiger partial charge in [-0.15, -0.1) is 6.42 Å². The lowest BCUT2D eigenvalue weighted by molar-refractivity contribution is 0.0932. The van der Waals surface area contributed by atoms with E-state index in [-0.39, 0.29) is 17.5 Å². The maximum Gasteiger partial charge on any atom is 0.261 e. The van der Waals surface area contributed by atoms with Gasteiger partial charge in [0.05, 0.1) is 11.6 Å². The van der Waals surface area contributed by atoms with Gasteiger partial charge in [-0.3, -0.25) is 19.4 Å². The molecule has 126 valence electrons. The molecule has 2 aromatic rings. The third-order valence-corrected chi connectivity index (χ3v) is 4.19. The summed E-state index contributed by atoms with van der Waals surface area (Å²) >= 11 is 0. The summed E-state index contributed by atoms with van der Waals surface area (Å²) in [6.07, 6.45) is 10.4. The number of primary amides is 1. The van der Waals surface area contributed by atoms with Gasteiger partial charge in [0.15, 0.2) is 0 Å². The second kappa shape index (κ2) is 6.61. The van der Waals surface area contributed by atoms with Crippen LogP contribution < -0.4 is 16.6 Å². The SMILES string of the molecule is C#Cc1cncc(C(=O)N[C@H]2CCCc3[nH]c(=O)c(C(N)=O)cc32)c1. The van der Waals surface area contributed by atoms with Gasteiger partial charge in [-0.25, -0.2) is 0 Å². The Balaban J connectivity index is 1.91. The Bertz CT molecular complexity index is 956. The number of carbonyl (C=O) groups excluding carboxylic acids is 2. The highest BCUT2D eigenvalue weighted by molar-refractivity contribution is 5.95. The minimum absolute atomic E-state index is 0.115. The zero-order chi connectivity index (χ0) is 18.0. The number of nitrogens with one attached hydrogen (secondary N) is 2. The molecule has 0 saturated carbocycles. The van der Waals surface area contributed by atoms with Crippen molar-refractivity contribution in [3.63, 3.8) is 0 Å². The van der Waals surface area contributed by atoms with Crippen molar-refractivity contribution in [2.24, 2.45) is 5.73 Å². The first-order valence-corrected chi connectivity index (χ1v) is 7.78. The summed E-state index contributed by atoms with van der Waals surface area (Å²) in [5.74, 6) is 1.31. The van der Waals surface area contributed by atoms with Gasteiger partial charge in [-0.1, -0.05) is 5.92 Å². The molecule has 0 radical (unpaired) electrons. The highest BCUT2D eigenvalue weighted by Gasteiger charge is 2.25. The third-order valence-electron chi connectivity index (χ3n) is 4.19. The van der Waals surface area contributed by atoms with E-state index in [9.17, 15) is 14.4 Å². The summed E-state index contributed by atoms with van der Waals surface area (Å²) in [7, 11) is 0. The minimum Gasteiger partial charge on any atom is -0.365 e. The van der Waals surface area contributed by atoms with Crippen LogP contribution in [-0.2, 0) is 6.42 Å². The fourth-order valence-corrected chi connectivity index (χ4v) is 2.96. The molecule has 7 nitrogen and oxygen atoms in total. The Labute approximate surface area is 143 Å². The monoisotopic (exact) mass is 336 g/mol. The fraction of sp³-hybridized carbons (Fsp3) is 0.222. The van der Waals surface area contributed by atoms with Crippen LogP contribution in [0.5, 0.6) is 0 Å². The molecule has 0 spiro atoms. The van der Waals surface area contributed by atoms with Gasteiger partial charge in [-0.05, 0) is 37.0 Å². The molecule has 1 atom stereocenters. The molecule has 0 unspecified atom stereocenters. The molecule has 7 heteroatoms. The second-order valence-electron chi connectivity index (χ2n) is 5.84. The van der Waals surface area contributed by atoms with Crippen LogP contribution in [0.15, 0.2) is 29.3 Å². The van der Waals surface area contributed by atoms with E-state index in [0.29, 0.717) is 35.2 Å². The van der Waals surface area contributed by atoms with Crippen LogP contribution in [0.4, 0.5) is 0 Å². The molecule has 0 aromatic carbocycles. The van der Waals surface area contributed by atoms with E-state index in [1.807, 2.05) is 0 Å². The normalized spacial score (nSPS) is 15.7. The van der Waals surface area contributed by atoms with Gasteiger partial charge >= 0.3 is 0 Å². The van der Waals surface area contributed by atoms with Crippen molar-refractivity contribution in [1.29, 1.82) is 0 Å². The van der Waals surface area contributed by atoms with Gasteiger partial charge in [0.1, 0.15) is 5.56 Å². The molecule has 1 aliphatic carbocycles. The molecule has 0 aliphatic heterocycles. The quantitative estimate of drug-likeness (QED) is 0.713. The van der Waals surface area contributed by atoms with Crippen molar-refractivity contribution in [3.8, 4) is 12.3 Å². The summed E-state index contributed by atoms with van der Waals surface area (Å²) in [6, 6.07) is 2.71. The number of hydrogen-bond acceptors (Lipinski definition) is 4. The molecule has 0 bridgehead atoms. The molecule has 3 rings (SSSR count). The third kappa shape index (κ3) is 3.28. The van der Waals surface area contributed by atoms with Crippen LogP contribution in [0.3, 0.4) is 0 Å². The Kier molecular flexibility index (Phi) is 4.35. The van der Waals surface area contributed by atoms with Crippen molar-refractivity contribution in [2.45, 2.75) is 25.3 Å². The van der Waals surface area contributed by atoms with E-state index in [2.05, 4.69) is 21.2 Å². The molecule has 1 aliphatic rings. The van der Waals surface area contributed by atoms with Gasteiger partial charge in [0, 0.05) is 23.7 Å². The largest absolute Gasteiger partial charge is 0.365 e. The van der Waals surface area contributed by atoms with Crippen LogP contribution in [-0.4, -0.2) is 21.8 Å². The molecule has 4 N–H and O–H groups in total. The Hall–Kier alpha value is -3.40. The maximum atomic E-state index is 12.5. The van der Waals surface area contributed by atoms with Crippen LogP contribution in [0, 0.1) is 12.3 Å². The molecular weight excluding hydrogens is 320 g/mol. The standard InChI is InChI=1S/C18H16N4O3/c1-2-10-6-11(9-20-8-10)17(24)21-14-4-3-5-15-12(14)7-13(16(19)23)18(25)22-15/h1,6-9,14H,3-5H2,(H2,19,23)(H,21,24)(H,22,25)/t14-/m0/s1. The lowest BCUT2D eigenvalue weighted by atomic mass is 9.90. The zero-order valence-corrected chi connectivity index (χ0v) is 13.3. The van der Waals surface area contributed by atoms with Crippen molar-refractivity contribution in [3.05, 3.63) is 62.8 Å². The number of nitrogens with two attached hydrogens (primary N) is 1. The van der Waals surface area contributed by atoms with E-state index >= 15 is 0 Å². The molecular formula is C18H16N4O3. The predicted octanol–water partition coefficient (Wildman–Crippen LogP) is 0.657. The van der Waals surface area contributed by atoms with Crippen molar-refractivity contribution >= 4 is 11.8 Å². The maximum absolute atomic E-state index is 12.5. The smallest absolute Gasteiger partial charge is 0.261 e. The number of hydrogen-bond donors (Lipinski definition) is 3. The van der Waals surface area contributed by atoms with Crippen molar-refractivity contribution in [1.82, 2.24) is 15.3 Å². The number of aromatic amines is 1. The van der Waals surface area contributed by atoms with Gasteiger partial charge < -0.3 is 16.0 Å². The van der Waals surface area contributed by atoms with E-state index in [4.69, 9.17) is 12.2 Å². The van der Waals surface area contributed by atoms with Gasteiger partial charge in [0.2, 0.25) is 0 Å². The van der Waals surface area contributed by atoms with Crippen molar-refractivity contribution < 1.29 is 9.59 Å². The van der Waals surface area contributed by atoms with E-state index < -0.39 is 11.5 Å². The first-order chi connectivity index (χ1) is 12.0. The number of H-pyrrole nitrogens is 1. The summed E-state index contributed by atoms with van der Waals surface area (Å²) < 4.78 is 0. The number of rotatable bonds is 3. The van der Waals surface area contributed by atoms with Crippen LogP contribution in [0.2, 0.25) is 0 Å².